The maximum atomic E-state index is 10.3. The van der Waals surface area contributed by atoms with E-state index in [4.69, 9.17) is 20.4 Å². The van der Waals surface area contributed by atoms with Crippen LogP contribution in [0.1, 0.15) is 10.4 Å². The van der Waals surface area contributed by atoms with E-state index in [0.717, 1.165) is 12.1 Å². The van der Waals surface area contributed by atoms with Crippen molar-refractivity contribution in [2.45, 2.75) is 0 Å². The Bertz CT molecular complexity index is 313. The van der Waals surface area contributed by atoms with Gasteiger partial charge in [-0.05, 0) is 12.1 Å². The monoisotopic (exact) mass is 242 g/mol. The molecule has 0 saturated heterocycles. The zero-order chi connectivity index (χ0) is 9.30. The summed E-state index contributed by atoms with van der Waals surface area (Å²) in [5.41, 5.74) is -0.289. The molecule has 0 aliphatic carbocycles. The van der Waals surface area contributed by atoms with Crippen LogP contribution in [0.3, 0.4) is 0 Å². The van der Waals surface area contributed by atoms with Crippen molar-refractivity contribution in [3.05, 3.63) is 17.7 Å². The molecule has 1 rings (SSSR count). The summed E-state index contributed by atoms with van der Waals surface area (Å²) in [4.78, 5) is 10.3. The molecule has 0 atom stereocenters. The van der Waals surface area contributed by atoms with Gasteiger partial charge in [0.25, 0.3) is 0 Å². The number of phenolic OH excluding ortho intramolecular Hbond substituents is 3. The molecule has 0 amide bonds. The van der Waals surface area contributed by atoms with E-state index in [1.54, 1.807) is 0 Å². The number of aromatic hydroxyl groups is 3. The predicted octanol–water partition coefficient (Wildman–Crippen LogP) is -0.682. The van der Waals surface area contributed by atoms with Crippen molar-refractivity contribution < 1.29 is 25.2 Å². The fraction of sp³-hybridized carbons (Fsp3) is 0. The first-order chi connectivity index (χ1) is 5.52. The third-order valence-corrected chi connectivity index (χ3v) is 1.32. The SMILES string of the molecule is O=C(O)c1cc(O)c(O)c(O)c1.[GaH3]. The molecule has 1 aromatic rings. The molecule has 0 spiro atoms. The van der Waals surface area contributed by atoms with Crippen LogP contribution < -0.4 is 0 Å². The molecule has 0 radical (unpaired) electrons. The van der Waals surface area contributed by atoms with Gasteiger partial charge in [0, 0.05) is 0 Å². The molecule has 0 heterocycles. The van der Waals surface area contributed by atoms with Crippen LogP contribution in [0, 0.1) is 0 Å². The van der Waals surface area contributed by atoms with Gasteiger partial charge in [0.2, 0.25) is 0 Å². The first kappa shape index (κ1) is 11.7. The van der Waals surface area contributed by atoms with Crippen molar-refractivity contribution in [1.82, 2.24) is 0 Å². The number of benzene rings is 1. The van der Waals surface area contributed by atoms with Gasteiger partial charge in [0.1, 0.15) is 0 Å². The van der Waals surface area contributed by atoms with E-state index < -0.39 is 23.2 Å². The standard InChI is InChI=1S/C7H6O5.Ga.3H/c8-4-1-3(7(11)12)2-5(9)6(4)10;;;;/h1-2,8-10H,(H,11,12);;;;. The maximum absolute atomic E-state index is 10.3. The molecular weight excluding hydrogens is 234 g/mol. The molecule has 0 fully saturated rings. The molecule has 0 aliphatic rings. The summed E-state index contributed by atoms with van der Waals surface area (Å²) in [6.45, 7) is 0. The second-order valence-electron chi connectivity index (χ2n) is 2.17. The van der Waals surface area contributed by atoms with Crippen molar-refractivity contribution in [3.63, 3.8) is 0 Å². The summed E-state index contributed by atoms with van der Waals surface area (Å²) in [6.07, 6.45) is 0. The second-order valence-corrected chi connectivity index (χ2v) is 2.17. The summed E-state index contributed by atoms with van der Waals surface area (Å²) in [5.74, 6) is -3.33. The minimum atomic E-state index is -1.29. The normalized spacial score (nSPS) is 8.92. The van der Waals surface area contributed by atoms with Gasteiger partial charge in [0.15, 0.2) is 17.2 Å². The molecule has 0 aromatic heterocycles. The van der Waals surface area contributed by atoms with Gasteiger partial charge in [-0.2, -0.15) is 0 Å². The summed E-state index contributed by atoms with van der Waals surface area (Å²) in [5, 5.41) is 35.0. The summed E-state index contributed by atoms with van der Waals surface area (Å²) in [6, 6.07) is 1.69. The van der Waals surface area contributed by atoms with Crippen molar-refractivity contribution in [2.24, 2.45) is 0 Å². The van der Waals surface area contributed by atoms with Crippen LogP contribution in [0.5, 0.6) is 17.2 Å². The quantitative estimate of drug-likeness (QED) is 0.387. The number of hydrogen-bond acceptors (Lipinski definition) is 4. The van der Waals surface area contributed by atoms with Crippen molar-refractivity contribution in [1.29, 1.82) is 0 Å². The van der Waals surface area contributed by atoms with Gasteiger partial charge in [-0.3, -0.25) is 0 Å². The van der Waals surface area contributed by atoms with Crippen LogP contribution in [0.2, 0.25) is 0 Å². The van der Waals surface area contributed by atoms with Crippen LogP contribution in [-0.4, -0.2) is 46.2 Å². The van der Waals surface area contributed by atoms with E-state index in [1.165, 1.54) is 0 Å². The van der Waals surface area contributed by atoms with Crippen LogP contribution in [0.4, 0.5) is 0 Å². The van der Waals surface area contributed by atoms with Crippen LogP contribution in [-0.2, 0) is 0 Å². The molecular formula is C7H9GaO5. The van der Waals surface area contributed by atoms with E-state index >= 15 is 0 Å². The zero-order valence-electron chi connectivity index (χ0n) is 5.85. The summed E-state index contributed by atoms with van der Waals surface area (Å²) >= 11 is 0. The summed E-state index contributed by atoms with van der Waals surface area (Å²) < 4.78 is 0. The first-order valence-corrected chi connectivity index (χ1v) is 3.00. The Hall–Kier alpha value is -1.27. The third-order valence-electron chi connectivity index (χ3n) is 1.32. The Labute approximate surface area is 86.3 Å². The van der Waals surface area contributed by atoms with E-state index in [0.29, 0.717) is 0 Å². The van der Waals surface area contributed by atoms with Gasteiger partial charge in [-0.1, -0.05) is 0 Å². The van der Waals surface area contributed by atoms with E-state index in [-0.39, 0.29) is 25.4 Å². The van der Waals surface area contributed by atoms with Crippen LogP contribution in [0.25, 0.3) is 0 Å². The number of hydrogen-bond donors (Lipinski definition) is 4. The predicted molar refractivity (Wildman–Crippen MR) is 48.3 cm³/mol. The number of phenols is 3. The molecule has 4 N–H and O–H groups in total. The van der Waals surface area contributed by atoms with Crippen LogP contribution >= 0.6 is 0 Å². The molecule has 0 saturated carbocycles. The zero-order valence-corrected chi connectivity index (χ0v) is 5.85. The Balaban J connectivity index is 0.00000144. The van der Waals surface area contributed by atoms with E-state index in [1.807, 2.05) is 0 Å². The Morgan fingerprint density at radius 2 is 1.46 bits per heavy atom. The van der Waals surface area contributed by atoms with Crippen molar-refractivity contribution >= 4 is 25.8 Å². The fourth-order valence-corrected chi connectivity index (χ4v) is 0.728. The minimum absolute atomic E-state index is 0. The summed E-state index contributed by atoms with van der Waals surface area (Å²) in [7, 11) is 0. The van der Waals surface area contributed by atoms with Crippen LogP contribution in [0.15, 0.2) is 12.1 Å². The van der Waals surface area contributed by atoms with Crippen molar-refractivity contribution in [3.8, 4) is 17.2 Å². The average Bonchev–Trinajstić information content (AvgIpc) is 1.99. The molecule has 1 aromatic carbocycles. The van der Waals surface area contributed by atoms with Crippen molar-refractivity contribution in [2.75, 3.05) is 0 Å². The van der Waals surface area contributed by atoms with Gasteiger partial charge >= 0.3 is 25.8 Å². The first-order valence-electron chi connectivity index (χ1n) is 3.00. The van der Waals surface area contributed by atoms with Gasteiger partial charge in [-0.25, -0.2) is 4.79 Å². The molecule has 13 heavy (non-hydrogen) atoms. The Kier molecular flexibility index (Phi) is 3.70. The molecule has 70 valence electrons. The number of carbonyl (C=O) groups is 1. The second kappa shape index (κ2) is 4.10. The van der Waals surface area contributed by atoms with E-state index in [2.05, 4.69) is 0 Å². The van der Waals surface area contributed by atoms with Gasteiger partial charge in [0.05, 0.1) is 5.56 Å². The number of carboxylic acid groups (broad SMARTS) is 1. The molecule has 0 bridgehead atoms. The molecule has 5 nitrogen and oxygen atoms in total. The topological polar surface area (TPSA) is 98.0 Å². The Morgan fingerprint density at radius 3 is 1.77 bits per heavy atom. The van der Waals surface area contributed by atoms with Gasteiger partial charge in [-0.15, -0.1) is 0 Å². The molecule has 6 heteroatoms. The number of aromatic carboxylic acids is 1. The fourth-order valence-electron chi connectivity index (χ4n) is 0.728. The number of rotatable bonds is 1. The number of carboxylic acids is 1. The molecule has 0 aliphatic heterocycles. The Morgan fingerprint density at radius 1 is 1.08 bits per heavy atom. The van der Waals surface area contributed by atoms with E-state index in [9.17, 15) is 4.79 Å². The average molecular weight is 243 g/mol. The molecule has 0 unspecified atom stereocenters. The third kappa shape index (κ3) is 2.33. The van der Waals surface area contributed by atoms with Gasteiger partial charge < -0.3 is 20.4 Å².